The van der Waals surface area contributed by atoms with Gasteiger partial charge in [-0.15, -0.1) is 11.8 Å². The largest absolute Gasteiger partial charge is 0.491 e. The number of hydrogen-bond donors (Lipinski definition) is 2. The van der Waals surface area contributed by atoms with Crippen molar-refractivity contribution in [3.63, 3.8) is 0 Å². The molecule has 0 bridgehead atoms. The van der Waals surface area contributed by atoms with E-state index in [-0.39, 0.29) is 19.8 Å². The molecule has 1 saturated heterocycles. The first-order valence-electron chi connectivity index (χ1n) is 9.44. The lowest BCUT2D eigenvalue weighted by Crippen LogP contribution is -2.21. The second-order valence-corrected chi connectivity index (χ2v) is 7.54. The summed E-state index contributed by atoms with van der Waals surface area (Å²) in [5.74, 6) is 1.61. The molecule has 8 heteroatoms. The van der Waals surface area contributed by atoms with E-state index in [1.807, 2.05) is 0 Å². The lowest BCUT2D eigenvalue weighted by molar-refractivity contribution is 0.201. The maximum Gasteiger partial charge on any atom is 0.148 e. The molecule has 2 aromatic rings. The zero-order valence-corrected chi connectivity index (χ0v) is 16.8. The Labute approximate surface area is 174 Å². The van der Waals surface area contributed by atoms with Gasteiger partial charge in [0.05, 0.1) is 18.8 Å². The maximum absolute atomic E-state index is 9.95. The number of aliphatic hydroxyl groups is 2. The first-order chi connectivity index (χ1) is 14.2. The molecule has 0 atom stereocenters. The molecule has 0 unspecified atom stereocenters. The quantitative estimate of drug-likeness (QED) is 0.638. The molecule has 2 heterocycles. The number of benzene rings is 1. The third kappa shape index (κ3) is 4.63. The molecule has 0 aliphatic carbocycles. The van der Waals surface area contributed by atoms with E-state index >= 15 is 0 Å². The van der Waals surface area contributed by atoms with Crippen molar-refractivity contribution in [3.8, 4) is 29.0 Å². The van der Waals surface area contributed by atoms with E-state index in [9.17, 15) is 15.6 Å². The standard InChI is InChI=1S/C21H22N4O3S/c22-13-17-19(15-3-5-16(6-4-15)28-11-9-26)18(14-23)21(29-12-10-27)24-20(17)25-7-1-2-8-25/h3-6,26-27H,1-2,7-12H2. The van der Waals surface area contributed by atoms with E-state index in [2.05, 4.69) is 22.0 Å². The molecular formula is C21H22N4O3S. The van der Waals surface area contributed by atoms with Crippen molar-refractivity contribution in [1.29, 1.82) is 10.5 Å². The van der Waals surface area contributed by atoms with Crippen LogP contribution in [0.25, 0.3) is 11.1 Å². The number of aromatic nitrogens is 1. The Balaban J connectivity index is 2.15. The van der Waals surface area contributed by atoms with Gasteiger partial charge in [-0.05, 0) is 30.5 Å². The third-order valence-electron chi connectivity index (χ3n) is 4.61. The van der Waals surface area contributed by atoms with Crippen molar-refractivity contribution >= 4 is 17.6 Å². The minimum absolute atomic E-state index is 0.0253. The van der Waals surface area contributed by atoms with Crippen LogP contribution in [0.15, 0.2) is 29.3 Å². The Morgan fingerprint density at radius 2 is 1.72 bits per heavy atom. The number of anilines is 1. The van der Waals surface area contributed by atoms with Crippen LogP contribution in [-0.4, -0.2) is 53.9 Å². The summed E-state index contributed by atoms with van der Waals surface area (Å²) in [4.78, 5) is 6.75. The Kier molecular flexibility index (Phi) is 7.31. The summed E-state index contributed by atoms with van der Waals surface area (Å²) in [6.45, 7) is 1.75. The van der Waals surface area contributed by atoms with Gasteiger partial charge in [0.15, 0.2) is 0 Å². The van der Waals surface area contributed by atoms with Crippen LogP contribution in [0.2, 0.25) is 0 Å². The number of hydrogen-bond acceptors (Lipinski definition) is 8. The first-order valence-corrected chi connectivity index (χ1v) is 10.4. The lowest BCUT2D eigenvalue weighted by atomic mass is 9.96. The number of rotatable bonds is 8. The van der Waals surface area contributed by atoms with Crippen molar-refractivity contribution in [2.45, 2.75) is 17.9 Å². The molecule has 1 aromatic carbocycles. The van der Waals surface area contributed by atoms with Crippen molar-refractivity contribution in [1.82, 2.24) is 4.98 Å². The average Bonchev–Trinajstić information content (AvgIpc) is 3.30. The van der Waals surface area contributed by atoms with Crippen molar-refractivity contribution in [2.75, 3.05) is 43.6 Å². The third-order valence-corrected chi connectivity index (χ3v) is 5.56. The highest BCUT2D eigenvalue weighted by molar-refractivity contribution is 7.99. The Hall–Kier alpha value is -2.78. The van der Waals surface area contributed by atoms with Gasteiger partial charge in [0.1, 0.15) is 40.9 Å². The molecule has 1 fully saturated rings. The molecule has 150 valence electrons. The number of pyridine rings is 1. The normalized spacial score (nSPS) is 13.2. The fourth-order valence-electron chi connectivity index (χ4n) is 3.34. The molecule has 1 aromatic heterocycles. The van der Waals surface area contributed by atoms with Crippen molar-refractivity contribution in [2.24, 2.45) is 0 Å². The summed E-state index contributed by atoms with van der Waals surface area (Å²) in [6, 6.07) is 11.6. The van der Waals surface area contributed by atoms with E-state index in [4.69, 9.17) is 9.84 Å². The molecule has 1 aliphatic rings. The van der Waals surface area contributed by atoms with E-state index in [0.717, 1.165) is 31.5 Å². The number of nitrogens with zero attached hydrogens (tertiary/aromatic N) is 4. The van der Waals surface area contributed by atoms with Crippen LogP contribution in [-0.2, 0) is 0 Å². The summed E-state index contributed by atoms with van der Waals surface area (Å²) >= 11 is 1.31. The fraction of sp³-hybridized carbons (Fsp3) is 0.381. The van der Waals surface area contributed by atoms with Gasteiger partial charge in [-0.25, -0.2) is 4.98 Å². The smallest absolute Gasteiger partial charge is 0.148 e. The monoisotopic (exact) mass is 410 g/mol. The second kappa shape index (κ2) is 10.1. The molecule has 29 heavy (non-hydrogen) atoms. The van der Waals surface area contributed by atoms with Gasteiger partial charge in [0.2, 0.25) is 0 Å². The Bertz CT molecular complexity index is 929. The molecular weight excluding hydrogens is 388 g/mol. The van der Waals surface area contributed by atoms with Gasteiger partial charge < -0.3 is 19.8 Å². The van der Waals surface area contributed by atoms with Crippen LogP contribution in [0.1, 0.15) is 24.0 Å². The van der Waals surface area contributed by atoms with Crippen LogP contribution in [0, 0.1) is 22.7 Å². The molecule has 0 amide bonds. The maximum atomic E-state index is 9.95. The molecule has 3 rings (SSSR count). The van der Waals surface area contributed by atoms with E-state index in [0.29, 0.717) is 39.0 Å². The minimum Gasteiger partial charge on any atom is -0.491 e. The molecule has 1 aliphatic heterocycles. The average molecular weight is 410 g/mol. The number of ether oxygens (including phenoxy) is 1. The first kappa shape index (κ1) is 20.9. The van der Waals surface area contributed by atoms with Crippen molar-refractivity contribution < 1.29 is 14.9 Å². The predicted octanol–water partition coefficient (Wildman–Crippen LogP) is 2.55. The van der Waals surface area contributed by atoms with Gasteiger partial charge in [0, 0.05) is 24.4 Å². The van der Waals surface area contributed by atoms with Crippen LogP contribution >= 0.6 is 11.8 Å². The summed E-state index contributed by atoms with van der Waals surface area (Å²) in [7, 11) is 0. The minimum atomic E-state index is -0.0755. The fourth-order valence-corrected chi connectivity index (χ4v) is 4.06. The topological polar surface area (TPSA) is 113 Å². The number of nitriles is 2. The SMILES string of the molecule is N#Cc1c(SCCO)nc(N2CCCC2)c(C#N)c1-c1ccc(OCCO)cc1. The summed E-state index contributed by atoms with van der Waals surface area (Å²) < 4.78 is 5.41. The van der Waals surface area contributed by atoms with Crippen molar-refractivity contribution in [3.05, 3.63) is 35.4 Å². The highest BCUT2D eigenvalue weighted by Gasteiger charge is 2.26. The summed E-state index contributed by atoms with van der Waals surface area (Å²) in [5, 5.41) is 38.5. The van der Waals surface area contributed by atoms with Crippen LogP contribution < -0.4 is 9.64 Å². The molecule has 2 N–H and O–H groups in total. The molecule has 0 spiro atoms. The molecule has 7 nitrogen and oxygen atoms in total. The van der Waals surface area contributed by atoms with Gasteiger partial charge in [-0.3, -0.25) is 0 Å². The Morgan fingerprint density at radius 1 is 1.03 bits per heavy atom. The van der Waals surface area contributed by atoms with Crippen LogP contribution in [0.5, 0.6) is 5.75 Å². The highest BCUT2D eigenvalue weighted by Crippen LogP contribution is 2.39. The highest BCUT2D eigenvalue weighted by atomic mass is 32.2. The zero-order chi connectivity index (χ0) is 20.6. The number of aliphatic hydroxyl groups excluding tert-OH is 2. The second-order valence-electron chi connectivity index (χ2n) is 6.45. The summed E-state index contributed by atoms with van der Waals surface area (Å²) in [5.41, 5.74) is 2.01. The van der Waals surface area contributed by atoms with Crippen LogP contribution in [0.3, 0.4) is 0 Å². The van der Waals surface area contributed by atoms with E-state index in [1.54, 1.807) is 24.3 Å². The van der Waals surface area contributed by atoms with Gasteiger partial charge in [-0.2, -0.15) is 10.5 Å². The molecule has 0 radical (unpaired) electrons. The van der Waals surface area contributed by atoms with E-state index in [1.165, 1.54) is 11.8 Å². The lowest BCUT2D eigenvalue weighted by Gasteiger charge is -2.22. The van der Waals surface area contributed by atoms with E-state index < -0.39 is 0 Å². The number of thioether (sulfide) groups is 1. The Morgan fingerprint density at radius 3 is 2.31 bits per heavy atom. The van der Waals surface area contributed by atoms with Gasteiger partial charge in [-0.1, -0.05) is 12.1 Å². The van der Waals surface area contributed by atoms with Gasteiger partial charge in [0.25, 0.3) is 0 Å². The molecule has 0 saturated carbocycles. The van der Waals surface area contributed by atoms with Gasteiger partial charge >= 0.3 is 0 Å². The predicted molar refractivity (Wildman–Crippen MR) is 111 cm³/mol. The van der Waals surface area contributed by atoms with Crippen LogP contribution in [0.4, 0.5) is 5.82 Å². The summed E-state index contributed by atoms with van der Waals surface area (Å²) in [6.07, 6.45) is 2.08. The zero-order valence-electron chi connectivity index (χ0n) is 16.0.